The molecule has 2 amide bonds. The lowest BCUT2D eigenvalue weighted by atomic mass is 9.75. The molecule has 1 fully saturated rings. The molecule has 34 heavy (non-hydrogen) atoms. The molecule has 1 saturated carbocycles. The van der Waals surface area contributed by atoms with E-state index in [1.165, 1.54) is 6.42 Å². The SMILES string of the molecule is CCOc1cc2c(cc1OCC)C1C(C(=O)NC3CCCCC3)c3ccccc3C(=O)N1CC2. The monoisotopic (exact) mass is 462 g/mol. The minimum Gasteiger partial charge on any atom is -0.490 e. The van der Waals surface area contributed by atoms with Crippen LogP contribution in [0, 0.1) is 0 Å². The van der Waals surface area contributed by atoms with E-state index in [9.17, 15) is 9.59 Å². The Morgan fingerprint density at radius 2 is 1.71 bits per heavy atom. The third-order valence-corrected chi connectivity index (χ3v) is 7.42. The first-order valence-electron chi connectivity index (χ1n) is 12.7. The van der Waals surface area contributed by atoms with Crippen LogP contribution in [0.15, 0.2) is 36.4 Å². The summed E-state index contributed by atoms with van der Waals surface area (Å²) in [5.41, 5.74) is 3.57. The van der Waals surface area contributed by atoms with Crippen molar-refractivity contribution in [2.75, 3.05) is 19.8 Å². The number of benzene rings is 2. The summed E-state index contributed by atoms with van der Waals surface area (Å²) >= 11 is 0. The molecule has 0 spiro atoms. The Hall–Kier alpha value is -3.02. The second kappa shape index (κ2) is 9.69. The molecule has 2 heterocycles. The number of nitrogens with zero attached hydrogens (tertiary/aromatic N) is 1. The van der Waals surface area contributed by atoms with Crippen LogP contribution in [0.3, 0.4) is 0 Å². The number of amides is 2. The molecule has 2 atom stereocenters. The number of nitrogens with one attached hydrogen (secondary N) is 1. The lowest BCUT2D eigenvalue weighted by molar-refractivity contribution is -0.125. The lowest BCUT2D eigenvalue weighted by Crippen LogP contribution is -2.51. The van der Waals surface area contributed by atoms with E-state index in [-0.39, 0.29) is 23.9 Å². The van der Waals surface area contributed by atoms with Crippen LogP contribution in [0.2, 0.25) is 0 Å². The zero-order valence-corrected chi connectivity index (χ0v) is 20.1. The second-order valence-electron chi connectivity index (χ2n) is 9.47. The van der Waals surface area contributed by atoms with Gasteiger partial charge in [0.15, 0.2) is 11.5 Å². The molecular formula is C28H34N2O4. The van der Waals surface area contributed by atoms with Crippen LogP contribution in [-0.2, 0) is 11.2 Å². The summed E-state index contributed by atoms with van der Waals surface area (Å²) in [7, 11) is 0. The van der Waals surface area contributed by atoms with Crippen molar-refractivity contribution in [2.45, 2.75) is 70.4 Å². The average molecular weight is 463 g/mol. The average Bonchev–Trinajstić information content (AvgIpc) is 2.85. The van der Waals surface area contributed by atoms with E-state index in [0.29, 0.717) is 31.1 Å². The molecule has 180 valence electrons. The minimum absolute atomic E-state index is 0.000175. The highest BCUT2D eigenvalue weighted by Crippen LogP contribution is 2.48. The molecular weight excluding hydrogens is 428 g/mol. The summed E-state index contributed by atoms with van der Waals surface area (Å²) in [6.07, 6.45) is 6.32. The van der Waals surface area contributed by atoms with Crippen LogP contribution in [0.5, 0.6) is 11.5 Å². The first-order valence-corrected chi connectivity index (χ1v) is 12.7. The van der Waals surface area contributed by atoms with Crippen LogP contribution in [0.1, 0.15) is 85.0 Å². The van der Waals surface area contributed by atoms with Crippen LogP contribution < -0.4 is 14.8 Å². The molecule has 0 bridgehead atoms. The third-order valence-electron chi connectivity index (χ3n) is 7.42. The van der Waals surface area contributed by atoms with Gasteiger partial charge in [0.25, 0.3) is 5.91 Å². The molecule has 6 heteroatoms. The standard InChI is InChI=1S/C28H34N2O4/c1-3-33-23-16-18-14-15-30-26(22(18)17-24(23)34-4-2)25(20-12-8-9-13-21(20)28(30)32)27(31)29-19-10-6-5-7-11-19/h8-9,12-13,16-17,19,25-26H,3-7,10-11,14-15H2,1-2H3,(H,29,31). The Kier molecular flexibility index (Phi) is 6.48. The summed E-state index contributed by atoms with van der Waals surface area (Å²) in [4.78, 5) is 29.3. The molecule has 2 aliphatic heterocycles. The van der Waals surface area contributed by atoms with Gasteiger partial charge in [-0.05, 0) is 68.0 Å². The number of carbonyl (C=O) groups is 2. The van der Waals surface area contributed by atoms with Crippen LogP contribution in [0.25, 0.3) is 0 Å². The van der Waals surface area contributed by atoms with E-state index >= 15 is 0 Å². The molecule has 6 nitrogen and oxygen atoms in total. The Morgan fingerprint density at radius 3 is 2.44 bits per heavy atom. The van der Waals surface area contributed by atoms with E-state index in [0.717, 1.165) is 54.5 Å². The molecule has 0 saturated heterocycles. The Labute approximate surface area is 201 Å². The summed E-state index contributed by atoms with van der Waals surface area (Å²) in [5.74, 6) is 0.952. The minimum atomic E-state index is -0.456. The fourth-order valence-electron chi connectivity index (χ4n) is 5.89. The van der Waals surface area contributed by atoms with Crippen molar-refractivity contribution in [1.29, 1.82) is 0 Å². The van der Waals surface area contributed by atoms with E-state index < -0.39 is 5.92 Å². The van der Waals surface area contributed by atoms with Gasteiger partial charge in [-0.3, -0.25) is 9.59 Å². The highest BCUT2D eigenvalue weighted by atomic mass is 16.5. The van der Waals surface area contributed by atoms with E-state index in [4.69, 9.17) is 9.47 Å². The van der Waals surface area contributed by atoms with Gasteiger partial charge in [0.1, 0.15) is 0 Å². The molecule has 3 aliphatic rings. The lowest BCUT2D eigenvalue weighted by Gasteiger charge is -2.45. The zero-order chi connectivity index (χ0) is 23.7. The summed E-state index contributed by atoms with van der Waals surface area (Å²) in [5, 5.41) is 3.35. The predicted octanol–water partition coefficient (Wildman–Crippen LogP) is 4.77. The summed E-state index contributed by atoms with van der Waals surface area (Å²) < 4.78 is 11.8. The summed E-state index contributed by atoms with van der Waals surface area (Å²) in [6.45, 7) is 5.55. The highest BCUT2D eigenvalue weighted by molar-refractivity contribution is 6.01. The maximum atomic E-state index is 13.9. The van der Waals surface area contributed by atoms with Gasteiger partial charge in [-0.25, -0.2) is 0 Å². The fraction of sp³-hybridized carbons (Fsp3) is 0.500. The van der Waals surface area contributed by atoms with Crippen molar-refractivity contribution in [3.8, 4) is 11.5 Å². The van der Waals surface area contributed by atoms with Crippen LogP contribution in [0.4, 0.5) is 0 Å². The van der Waals surface area contributed by atoms with Gasteiger partial charge in [-0.15, -0.1) is 0 Å². The number of rotatable bonds is 6. The van der Waals surface area contributed by atoms with Gasteiger partial charge in [0.2, 0.25) is 5.91 Å². The van der Waals surface area contributed by atoms with Crippen molar-refractivity contribution < 1.29 is 19.1 Å². The number of hydrogen-bond acceptors (Lipinski definition) is 4. The van der Waals surface area contributed by atoms with Gasteiger partial charge >= 0.3 is 0 Å². The Bertz CT molecular complexity index is 1080. The highest BCUT2D eigenvalue weighted by Gasteiger charge is 2.47. The van der Waals surface area contributed by atoms with Crippen molar-refractivity contribution in [3.05, 3.63) is 58.7 Å². The smallest absolute Gasteiger partial charge is 0.254 e. The fourth-order valence-corrected chi connectivity index (χ4v) is 5.89. The zero-order valence-electron chi connectivity index (χ0n) is 20.1. The van der Waals surface area contributed by atoms with Crippen molar-refractivity contribution >= 4 is 11.8 Å². The first-order chi connectivity index (χ1) is 16.6. The molecule has 1 N–H and O–H groups in total. The Morgan fingerprint density at radius 1 is 1.00 bits per heavy atom. The topological polar surface area (TPSA) is 67.9 Å². The number of hydrogen-bond donors (Lipinski definition) is 1. The molecule has 5 rings (SSSR count). The maximum Gasteiger partial charge on any atom is 0.254 e. The first kappa shape index (κ1) is 22.8. The molecule has 0 radical (unpaired) electrons. The number of ether oxygens (including phenoxy) is 2. The molecule has 0 aromatic heterocycles. The van der Waals surface area contributed by atoms with Gasteiger partial charge in [0.05, 0.1) is 25.2 Å². The number of carbonyl (C=O) groups excluding carboxylic acids is 2. The van der Waals surface area contributed by atoms with Crippen LogP contribution in [-0.4, -0.2) is 42.5 Å². The van der Waals surface area contributed by atoms with Gasteiger partial charge < -0.3 is 19.7 Å². The molecule has 1 aliphatic carbocycles. The maximum absolute atomic E-state index is 13.9. The Balaban J connectivity index is 1.60. The third kappa shape index (κ3) is 4.04. The van der Waals surface area contributed by atoms with Gasteiger partial charge in [0, 0.05) is 18.2 Å². The van der Waals surface area contributed by atoms with E-state index in [2.05, 4.69) is 5.32 Å². The molecule has 2 unspecified atom stereocenters. The quantitative estimate of drug-likeness (QED) is 0.672. The summed E-state index contributed by atoms with van der Waals surface area (Å²) in [6, 6.07) is 11.5. The second-order valence-corrected chi connectivity index (χ2v) is 9.47. The van der Waals surface area contributed by atoms with Crippen molar-refractivity contribution in [1.82, 2.24) is 10.2 Å². The van der Waals surface area contributed by atoms with Crippen molar-refractivity contribution in [2.24, 2.45) is 0 Å². The predicted molar refractivity (Wildman–Crippen MR) is 130 cm³/mol. The van der Waals surface area contributed by atoms with E-state index in [1.807, 2.05) is 55.1 Å². The van der Waals surface area contributed by atoms with Gasteiger partial charge in [-0.1, -0.05) is 37.5 Å². The van der Waals surface area contributed by atoms with Gasteiger partial charge in [-0.2, -0.15) is 0 Å². The molecule has 2 aromatic carbocycles. The van der Waals surface area contributed by atoms with Crippen LogP contribution >= 0.6 is 0 Å². The van der Waals surface area contributed by atoms with E-state index in [1.54, 1.807) is 0 Å². The largest absolute Gasteiger partial charge is 0.490 e. The number of fused-ring (bicyclic) bond motifs is 4. The molecule has 2 aromatic rings. The normalized spacial score (nSPS) is 21.8. The van der Waals surface area contributed by atoms with Crippen molar-refractivity contribution in [3.63, 3.8) is 0 Å².